The summed E-state index contributed by atoms with van der Waals surface area (Å²) in [5, 5.41) is 5.09. The first-order valence-electron chi connectivity index (χ1n) is 8.18. The van der Waals surface area contributed by atoms with E-state index < -0.39 is 15.8 Å². The molecule has 0 aliphatic rings. The molecule has 3 rings (SSSR count). The van der Waals surface area contributed by atoms with Gasteiger partial charge < -0.3 is 4.74 Å². The molecule has 3 aromatic rings. The van der Waals surface area contributed by atoms with Gasteiger partial charge in [-0.15, -0.1) is 0 Å². The van der Waals surface area contributed by atoms with E-state index in [4.69, 9.17) is 4.74 Å². The summed E-state index contributed by atoms with van der Waals surface area (Å²) < 4.78 is 31.6. The summed E-state index contributed by atoms with van der Waals surface area (Å²) in [6.45, 7) is 4.25. The lowest BCUT2D eigenvalue weighted by atomic mass is 10.1. The molecule has 0 amide bonds. The van der Waals surface area contributed by atoms with E-state index in [9.17, 15) is 13.2 Å². The van der Waals surface area contributed by atoms with E-state index in [1.807, 2.05) is 41.6 Å². The van der Waals surface area contributed by atoms with Gasteiger partial charge in [-0.25, -0.2) is 13.2 Å². The van der Waals surface area contributed by atoms with Crippen LogP contribution < -0.4 is 0 Å². The number of ether oxygens (including phenoxy) is 1. The van der Waals surface area contributed by atoms with Gasteiger partial charge in [0.2, 0.25) is 0 Å². The van der Waals surface area contributed by atoms with E-state index >= 15 is 0 Å². The van der Waals surface area contributed by atoms with Crippen molar-refractivity contribution < 1.29 is 17.9 Å². The van der Waals surface area contributed by atoms with Gasteiger partial charge >= 0.3 is 5.97 Å². The van der Waals surface area contributed by atoms with Crippen molar-refractivity contribution in [2.24, 2.45) is 0 Å². The van der Waals surface area contributed by atoms with Crippen LogP contribution in [0.5, 0.6) is 0 Å². The first-order valence-corrected chi connectivity index (χ1v) is 11.2. The minimum atomic E-state index is -3.45. The lowest BCUT2D eigenvalue weighted by Gasteiger charge is -2.09. The van der Waals surface area contributed by atoms with Gasteiger partial charge in [-0.3, -0.25) is 9.67 Å². The summed E-state index contributed by atoms with van der Waals surface area (Å²) in [6.07, 6.45) is 4.43. The molecule has 142 valence electrons. The smallest absolute Gasteiger partial charge is 0.342 e. The minimum Gasteiger partial charge on any atom is -0.462 e. The average molecular weight is 499 g/mol. The molecular weight excluding hydrogens is 481 g/mol. The molecule has 1 aromatic carbocycles. The standard InChI is InChI=1S/C18H18IN3O4S/c1-4-26-18(23)14-10-22(21-17(14)19)9-12-6-13-5-11(2)8-20-16(13)15(7-12)27(3,24)25/h5-8,10H,4,9H2,1-3H3. The Labute approximate surface area is 170 Å². The second-order valence-electron chi connectivity index (χ2n) is 6.20. The molecule has 27 heavy (non-hydrogen) atoms. The van der Waals surface area contributed by atoms with Crippen molar-refractivity contribution in [3.8, 4) is 0 Å². The molecule has 0 unspecified atom stereocenters. The number of pyridine rings is 1. The number of hydrogen-bond donors (Lipinski definition) is 0. The molecule has 0 N–H and O–H groups in total. The number of benzene rings is 1. The zero-order chi connectivity index (χ0) is 19.8. The van der Waals surface area contributed by atoms with E-state index in [1.54, 1.807) is 30.1 Å². The lowest BCUT2D eigenvalue weighted by molar-refractivity contribution is 0.0525. The molecule has 9 heteroatoms. The van der Waals surface area contributed by atoms with Crippen LogP contribution in [0.15, 0.2) is 35.5 Å². The van der Waals surface area contributed by atoms with Crippen LogP contribution in [0.3, 0.4) is 0 Å². The third kappa shape index (κ3) is 4.29. The third-order valence-corrected chi connectivity index (χ3v) is 5.81. The van der Waals surface area contributed by atoms with Crippen molar-refractivity contribution in [1.82, 2.24) is 14.8 Å². The maximum Gasteiger partial charge on any atom is 0.342 e. The second-order valence-corrected chi connectivity index (χ2v) is 9.21. The van der Waals surface area contributed by atoms with Crippen LogP contribution in [-0.2, 0) is 21.1 Å². The molecule has 0 aliphatic carbocycles. The number of halogens is 1. The highest BCUT2D eigenvalue weighted by Gasteiger charge is 2.18. The molecule has 0 aliphatic heterocycles. The molecular formula is C18H18IN3O4S. The monoisotopic (exact) mass is 499 g/mol. The molecule has 7 nitrogen and oxygen atoms in total. The van der Waals surface area contributed by atoms with Gasteiger partial charge in [-0.2, -0.15) is 5.10 Å². The number of aromatic nitrogens is 3. The molecule has 0 saturated heterocycles. The van der Waals surface area contributed by atoms with E-state index in [2.05, 4.69) is 10.1 Å². The summed E-state index contributed by atoms with van der Waals surface area (Å²) >= 11 is 1.98. The number of carbonyl (C=O) groups excluding carboxylic acids is 1. The Balaban J connectivity index is 2.05. The van der Waals surface area contributed by atoms with Crippen molar-refractivity contribution >= 4 is 49.3 Å². The van der Waals surface area contributed by atoms with Gasteiger partial charge in [-0.1, -0.05) is 0 Å². The molecule has 2 heterocycles. The molecule has 0 atom stereocenters. The van der Waals surface area contributed by atoms with Crippen LogP contribution in [0.2, 0.25) is 0 Å². The highest BCUT2D eigenvalue weighted by Crippen LogP contribution is 2.25. The fourth-order valence-corrected chi connectivity index (χ4v) is 4.30. The van der Waals surface area contributed by atoms with Crippen LogP contribution in [-0.4, -0.2) is 42.0 Å². The number of fused-ring (bicyclic) bond motifs is 1. The average Bonchev–Trinajstić information content (AvgIpc) is 2.93. The zero-order valence-corrected chi connectivity index (χ0v) is 18.0. The van der Waals surface area contributed by atoms with Crippen molar-refractivity contribution in [2.75, 3.05) is 12.9 Å². The number of carbonyl (C=O) groups is 1. The van der Waals surface area contributed by atoms with Crippen molar-refractivity contribution in [3.05, 3.63) is 51.0 Å². The van der Waals surface area contributed by atoms with E-state index in [0.29, 0.717) is 21.3 Å². The predicted octanol–water partition coefficient (Wildman–Crippen LogP) is 2.97. The normalized spacial score (nSPS) is 11.7. The Morgan fingerprint density at radius 1 is 1.30 bits per heavy atom. The summed E-state index contributed by atoms with van der Waals surface area (Å²) in [5.74, 6) is -0.427. The second kappa shape index (κ2) is 7.55. The number of rotatable bonds is 5. The largest absolute Gasteiger partial charge is 0.462 e. The van der Waals surface area contributed by atoms with Gasteiger partial charge in [0.05, 0.1) is 23.6 Å². The first kappa shape index (κ1) is 19.7. The van der Waals surface area contributed by atoms with E-state index in [-0.39, 0.29) is 11.5 Å². The molecule has 0 saturated carbocycles. The number of nitrogens with zero attached hydrogens (tertiary/aromatic N) is 3. The minimum absolute atomic E-state index is 0.183. The van der Waals surface area contributed by atoms with Gasteiger partial charge in [-0.05, 0) is 65.8 Å². The number of sulfone groups is 1. The van der Waals surface area contributed by atoms with Gasteiger partial charge in [0, 0.05) is 24.0 Å². The summed E-state index contributed by atoms with van der Waals surface area (Å²) in [4.78, 5) is 16.4. The Morgan fingerprint density at radius 3 is 2.70 bits per heavy atom. The SMILES string of the molecule is CCOC(=O)c1cn(Cc2cc(S(C)(=O)=O)c3ncc(C)cc3c2)nc1I. The highest BCUT2D eigenvalue weighted by atomic mass is 127. The third-order valence-electron chi connectivity index (χ3n) is 3.90. The zero-order valence-electron chi connectivity index (χ0n) is 15.1. The van der Waals surface area contributed by atoms with E-state index in [1.165, 1.54) is 6.26 Å². The Bertz CT molecular complexity index is 1140. The molecule has 0 radical (unpaired) electrons. The molecule has 0 fully saturated rings. The summed E-state index contributed by atoms with van der Waals surface area (Å²) in [6, 6.07) is 5.40. The van der Waals surface area contributed by atoms with Crippen LogP contribution in [0.25, 0.3) is 10.9 Å². The Hall–Kier alpha value is -2.01. The van der Waals surface area contributed by atoms with Crippen LogP contribution in [0.1, 0.15) is 28.4 Å². The van der Waals surface area contributed by atoms with Crippen molar-refractivity contribution in [3.63, 3.8) is 0 Å². The fraction of sp³-hybridized carbons (Fsp3) is 0.278. The summed E-state index contributed by atoms with van der Waals surface area (Å²) in [7, 11) is -3.45. The summed E-state index contributed by atoms with van der Waals surface area (Å²) in [5.41, 5.74) is 2.54. The number of hydrogen-bond acceptors (Lipinski definition) is 6. The molecule has 2 aromatic heterocycles. The highest BCUT2D eigenvalue weighted by molar-refractivity contribution is 14.1. The van der Waals surface area contributed by atoms with E-state index in [0.717, 1.165) is 16.5 Å². The van der Waals surface area contributed by atoms with Gasteiger partial charge in [0.15, 0.2) is 9.84 Å². The topological polar surface area (TPSA) is 91.2 Å². The van der Waals surface area contributed by atoms with Gasteiger partial charge in [0.25, 0.3) is 0 Å². The Morgan fingerprint density at radius 2 is 2.04 bits per heavy atom. The van der Waals surface area contributed by atoms with Gasteiger partial charge in [0.1, 0.15) is 9.26 Å². The fourth-order valence-electron chi connectivity index (χ4n) is 2.77. The first-order chi connectivity index (χ1) is 12.7. The lowest BCUT2D eigenvalue weighted by Crippen LogP contribution is -2.06. The van der Waals surface area contributed by atoms with Crippen LogP contribution in [0.4, 0.5) is 0 Å². The van der Waals surface area contributed by atoms with Crippen LogP contribution in [0, 0.1) is 10.6 Å². The predicted molar refractivity (Wildman–Crippen MR) is 110 cm³/mol. The maximum absolute atomic E-state index is 12.2. The van der Waals surface area contributed by atoms with Crippen molar-refractivity contribution in [1.29, 1.82) is 0 Å². The molecule has 0 spiro atoms. The number of aryl methyl sites for hydroxylation is 1. The maximum atomic E-state index is 12.2. The Kier molecular flexibility index (Phi) is 5.52. The van der Waals surface area contributed by atoms with Crippen molar-refractivity contribution in [2.45, 2.75) is 25.3 Å². The molecule has 0 bridgehead atoms. The number of esters is 1. The quantitative estimate of drug-likeness (QED) is 0.396. The van der Waals surface area contributed by atoms with Crippen LogP contribution >= 0.6 is 22.6 Å².